The van der Waals surface area contributed by atoms with Crippen LogP contribution in [0.4, 0.5) is 13.2 Å². The normalized spacial score (nSPS) is 21.3. The summed E-state index contributed by atoms with van der Waals surface area (Å²) in [5.74, 6) is -0.175. The molecule has 0 unspecified atom stereocenters. The van der Waals surface area contributed by atoms with Crippen LogP contribution in [-0.2, 0) is 22.7 Å². The lowest BCUT2D eigenvalue weighted by molar-refractivity contribution is -0.137. The lowest BCUT2D eigenvalue weighted by atomic mass is 9.84. The van der Waals surface area contributed by atoms with Gasteiger partial charge < -0.3 is 4.57 Å². The van der Waals surface area contributed by atoms with E-state index in [1.807, 2.05) is 0 Å². The number of rotatable bonds is 3. The second-order valence-corrected chi connectivity index (χ2v) is 11.3. The summed E-state index contributed by atoms with van der Waals surface area (Å²) in [6.07, 6.45) is -3.71. The topological polar surface area (TPSA) is 59.4 Å². The molecule has 1 aromatic carbocycles. The monoisotopic (exact) mass is 480 g/mol. The Morgan fingerprint density at radius 1 is 1.00 bits per heavy atom. The Morgan fingerprint density at radius 3 is 2.53 bits per heavy atom. The first-order valence-electron chi connectivity index (χ1n) is 10.1. The van der Waals surface area contributed by atoms with Crippen LogP contribution < -0.4 is 5.56 Å². The Labute approximate surface area is 186 Å². The second kappa shape index (κ2) is 7.57. The fourth-order valence-electron chi connectivity index (χ4n) is 4.72. The van der Waals surface area contributed by atoms with Crippen molar-refractivity contribution < 1.29 is 21.6 Å². The summed E-state index contributed by atoms with van der Waals surface area (Å²) in [6, 6.07) is 11.4. The molecular weight excluding hydrogens is 461 g/mol. The predicted molar refractivity (Wildman–Crippen MR) is 115 cm³/mol. The van der Waals surface area contributed by atoms with Gasteiger partial charge in [0.1, 0.15) is 4.21 Å². The molecule has 32 heavy (non-hydrogen) atoms. The lowest BCUT2D eigenvalue weighted by Crippen LogP contribution is -2.49. The van der Waals surface area contributed by atoms with Crippen molar-refractivity contribution in [1.29, 1.82) is 0 Å². The Balaban J connectivity index is 1.50. The number of hydrogen-bond acceptors (Lipinski definition) is 4. The Morgan fingerprint density at radius 2 is 1.81 bits per heavy atom. The zero-order valence-electron chi connectivity index (χ0n) is 16.7. The van der Waals surface area contributed by atoms with Crippen molar-refractivity contribution in [2.75, 3.05) is 13.1 Å². The van der Waals surface area contributed by atoms with Crippen molar-refractivity contribution in [3.8, 4) is 11.1 Å². The van der Waals surface area contributed by atoms with E-state index in [9.17, 15) is 26.4 Å². The van der Waals surface area contributed by atoms with Crippen LogP contribution in [0.5, 0.6) is 0 Å². The van der Waals surface area contributed by atoms with Crippen molar-refractivity contribution in [2.24, 2.45) is 5.92 Å². The number of pyridine rings is 1. The minimum Gasteiger partial charge on any atom is -0.311 e. The first kappa shape index (κ1) is 21.4. The van der Waals surface area contributed by atoms with Crippen molar-refractivity contribution in [3.63, 3.8) is 0 Å². The molecule has 0 saturated carbocycles. The number of benzene rings is 1. The van der Waals surface area contributed by atoms with Gasteiger partial charge in [-0.1, -0.05) is 18.2 Å². The van der Waals surface area contributed by atoms with Crippen molar-refractivity contribution >= 4 is 21.4 Å². The van der Waals surface area contributed by atoms with Gasteiger partial charge in [0.15, 0.2) is 0 Å². The first-order valence-corrected chi connectivity index (χ1v) is 12.4. The average molecular weight is 481 g/mol. The number of fused-ring (bicyclic) bond motifs is 4. The quantitative estimate of drug-likeness (QED) is 0.558. The zero-order chi connectivity index (χ0) is 22.7. The van der Waals surface area contributed by atoms with Gasteiger partial charge in [-0.25, -0.2) is 8.42 Å². The lowest BCUT2D eigenvalue weighted by Gasteiger charge is -2.42. The average Bonchev–Trinajstić information content (AvgIpc) is 3.30. The number of thiophene rings is 1. The summed E-state index contributed by atoms with van der Waals surface area (Å²) in [4.78, 5) is 13.2. The molecule has 1 saturated heterocycles. The molecule has 0 spiro atoms. The van der Waals surface area contributed by atoms with E-state index < -0.39 is 21.8 Å². The maximum Gasteiger partial charge on any atom is 0.416 e. The van der Waals surface area contributed by atoms with Gasteiger partial charge in [-0.05, 0) is 53.6 Å². The molecule has 5 rings (SSSR count). The third kappa shape index (κ3) is 3.60. The summed E-state index contributed by atoms with van der Waals surface area (Å²) in [6.45, 7) is 0.934. The van der Waals surface area contributed by atoms with Gasteiger partial charge in [0.2, 0.25) is 0 Å². The highest BCUT2D eigenvalue weighted by Gasteiger charge is 2.40. The minimum absolute atomic E-state index is 0.0366. The second-order valence-electron chi connectivity index (χ2n) is 8.22. The summed E-state index contributed by atoms with van der Waals surface area (Å²) in [5, 5.41) is 1.72. The fourth-order valence-corrected chi connectivity index (χ4v) is 7.42. The molecule has 3 aromatic rings. The maximum atomic E-state index is 13.2. The molecule has 2 bridgehead atoms. The number of halogens is 3. The molecule has 0 aliphatic carbocycles. The number of aromatic nitrogens is 1. The van der Waals surface area contributed by atoms with Crippen molar-refractivity contribution in [3.05, 3.63) is 75.5 Å². The number of nitrogens with zero attached hydrogens (tertiary/aromatic N) is 2. The van der Waals surface area contributed by atoms with E-state index in [2.05, 4.69) is 0 Å². The van der Waals surface area contributed by atoms with E-state index in [0.29, 0.717) is 17.3 Å². The van der Waals surface area contributed by atoms with Crippen LogP contribution in [0, 0.1) is 5.92 Å². The van der Waals surface area contributed by atoms with Crippen LogP contribution >= 0.6 is 11.3 Å². The number of piperidine rings is 1. The van der Waals surface area contributed by atoms with Gasteiger partial charge in [-0.15, -0.1) is 11.3 Å². The molecule has 2 aliphatic rings. The molecule has 2 atom stereocenters. The zero-order valence-corrected chi connectivity index (χ0v) is 18.4. The summed E-state index contributed by atoms with van der Waals surface area (Å²) in [7, 11) is -3.59. The molecule has 1 fully saturated rings. The van der Waals surface area contributed by atoms with E-state index in [1.165, 1.54) is 27.8 Å². The highest BCUT2D eigenvalue weighted by molar-refractivity contribution is 7.91. The summed E-state index contributed by atoms with van der Waals surface area (Å²) < 4.78 is 68.7. The smallest absolute Gasteiger partial charge is 0.311 e. The van der Waals surface area contributed by atoms with Gasteiger partial charge in [-0.3, -0.25) is 4.79 Å². The van der Waals surface area contributed by atoms with Gasteiger partial charge in [0, 0.05) is 36.8 Å². The molecule has 168 valence electrons. The van der Waals surface area contributed by atoms with E-state index >= 15 is 0 Å². The molecule has 10 heteroatoms. The molecule has 0 radical (unpaired) electrons. The van der Waals surface area contributed by atoms with Crippen LogP contribution in [-0.4, -0.2) is 30.4 Å². The van der Waals surface area contributed by atoms with Gasteiger partial charge in [0.05, 0.1) is 5.56 Å². The number of sulfonamides is 1. The van der Waals surface area contributed by atoms with Crippen molar-refractivity contribution in [1.82, 2.24) is 8.87 Å². The molecule has 0 N–H and O–H groups in total. The molecule has 2 aliphatic heterocycles. The predicted octanol–water partition coefficient (Wildman–Crippen LogP) is 4.40. The minimum atomic E-state index is -4.49. The SMILES string of the molecule is O=c1c(-c2cccc(C(F)(F)F)c2)ccc2n1C[C@H]1C[C@@H]2CN(S(=O)(=O)c2cccs2)C1. The molecule has 2 aromatic heterocycles. The summed E-state index contributed by atoms with van der Waals surface area (Å²) in [5.41, 5.74) is 0.0169. The van der Waals surface area contributed by atoms with Gasteiger partial charge >= 0.3 is 6.18 Å². The third-order valence-electron chi connectivity index (χ3n) is 6.16. The Hall–Kier alpha value is -2.43. The highest BCUT2D eigenvalue weighted by Crippen LogP contribution is 2.38. The first-order chi connectivity index (χ1) is 15.1. The molecule has 4 heterocycles. The maximum absolute atomic E-state index is 13.2. The van der Waals surface area contributed by atoms with Crippen molar-refractivity contribution in [2.45, 2.75) is 29.3 Å². The van der Waals surface area contributed by atoms with E-state index in [4.69, 9.17) is 0 Å². The number of hydrogen-bond donors (Lipinski definition) is 0. The van der Waals surface area contributed by atoms with E-state index in [0.717, 1.165) is 24.2 Å². The standard InChI is InChI=1S/C22H19F3N2O3S2/c23-22(24,25)17-4-1-3-15(10-17)18-6-7-19-16-9-14(12-27(19)21(18)28)11-26(13-16)32(29,30)20-5-2-8-31-20/h1-8,10,14,16H,9,11-13H2/t14-,16+/m0/s1. The Bertz CT molecular complexity index is 1330. The van der Waals surface area contributed by atoms with Crippen LogP contribution in [0.3, 0.4) is 0 Å². The van der Waals surface area contributed by atoms with Crippen LogP contribution in [0.1, 0.15) is 23.6 Å². The largest absolute Gasteiger partial charge is 0.416 e. The van der Waals surface area contributed by atoms with E-state index in [-0.39, 0.29) is 35.1 Å². The van der Waals surface area contributed by atoms with E-state index in [1.54, 1.807) is 34.2 Å². The van der Waals surface area contributed by atoms with Crippen LogP contribution in [0.2, 0.25) is 0 Å². The third-order valence-corrected chi connectivity index (χ3v) is 9.37. The van der Waals surface area contributed by atoms with Gasteiger partial charge in [-0.2, -0.15) is 17.5 Å². The number of alkyl halides is 3. The fraction of sp³-hybridized carbons (Fsp3) is 0.318. The summed E-state index contributed by atoms with van der Waals surface area (Å²) >= 11 is 1.18. The van der Waals surface area contributed by atoms with Crippen LogP contribution in [0.15, 0.2) is 62.9 Å². The molecular formula is C22H19F3N2O3S2. The Kier molecular flexibility index (Phi) is 5.06. The van der Waals surface area contributed by atoms with Gasteiger partial charge in [0.25, 0.3) is 15.6 Å². The van der Waals surface area contributed by atoms with Crippen LogP contribution in [0.25, 0.3) is 11.1 Å². The molecule has 5 nitrogen and oxygen atoms in total. The molecule has 0 amide bonds. The highest BCUT2D eigenvalue weighted by atomic mass is 32.2.